The third-order valence-corrected chi connectivity index (χ3v) is 2.19. The molecule has 0 aliphatic carbocycles. The van der Waals surface area contributed by atoms with Crippen LogP contribution in [0.4, 0.5) is 0 Å². The predicted molar refractivity (Wildman–Crippen MR) is 30.4 cm³/mol. The molecule has 1 aliphatic rings. The molecule has 1 rings (SSSR count). The van der Waals surface area contributed by atoms with Crippen LogP contribution < -0.4 is 5.32 Å². The van der Waals surface area contributed by atoms with Gasteiger partial charge in [0, 0.05) is 6.04 Å². The molecule has 1 saturated heterocycles. The molecular weight excluding hydrogens is 177 g/mol. The van der Waals surface area contributed by atoms with Gasteiger partial charge in [0.25, 0.3) is 0 Å². The van der Waals surface area contributed by atoms with Gasteiger partial charge in [-0.05, 0) is 6.92 Å². The molecule has 0 aromatic rings. The van der Waals surface area contributed by atoms with Gasteiger partial charge >= 0.3 is 0 Å². The van der Waals surface area contributed by atoms with E-state index in [1.165, 1.54) is 0 Å². The molecule has 1 N–H and O–H groups in total. The van der Waals surface area contributed by atoms with Crippen molar-refractivity contribution >= 4 is 22.6 Å². The topological polar surface area (TPSA) is 21.9 Å². The summed E-state index contributed by atoms with van der Waals surface area (Å²) in [6.45, 7) is 2.18. The van der Waals surface area contributed by atoms with Crippen molar-refractivity contribution in [3.63, 3.8) is 0 Å². The lowest BCUT2D eigenvalue weighted by Crippen LogP contribution is -1.73. The van der Waals surface area contributed by atoms with Gasteiger partial charge in [0.1, 0.15) is 0 Å². The molecular formula is C3H6IN. The summed E-state index contributed by atoms with van der Waals surface area (Å²) in [6.07, 6.45) is 0. The highest BCUT2D eigenvalue weighted by molar-refractivity contribution is 14.1. The summed E-state index contributed by atoms with van der Waals surface area (Å²) in [6, 6.07) is 0.788. The highest BCUT2D eigenvalue weighted by Gasteiger charge is 2.26. The van der Waals surface area contributed by atoms with Crippen LogP contribution in [0.15, 0.2) is 0 Å². The first kappa shape index (κ1) is 3.87. The Morgan fingerprint density at radius 2 is 2.00 bits per heavy atom. The molecule has 2 heteroatoms. The monoisotopic (exact) mass is 183 g/mol. The van der Waals surface area contributed by atoms with Gasteiger partial charge in [0.2, 0.25) is 0 Å². The van der Waals surface area contributed by atoms with Crippen LogP contribution in [0, 0.1) is 0 Å². The van der Waals surface area contributed by atoms with Crippen LogP contribution >= 0.6 is 22.6 Å². The summed E-state index contributed by atoms with van der Waals surface area (Å²) in [7, 11) is 0. The summed E-state index contributed by atoms with van der Waals surface area (Å²) in [4.78, 5) is 0. The van der Waals surface area contributed by atoms with Crippen molar-refractivity contribution in [2.45, 2.75) is 17.0 Å². The van der Waals surface area contributed by atoms with E-state index >= 15 is 0 Å². The van der Waals surface area contributed by atoms with Crippen LogP contribution in [-0.2, 0) is 0 Å². The Morgan fingerprint density at radius 3 is 2.00 bits per heavy atom. The molecule has 5 heavy (non-hydrogen) atoms. The molecule has 0 amide bonds. The van der Waals surface area contributed by atoms with Crippen LogP contribution in [0.1, 0.15) is 6.92 Å². The molecule has 30 valence electrons. The molecule has 0 aromatic carbocycles. The Hall–Kier alpha value is 0.690. The molecule has 1 aliphatic heterocycles. The number of nitrogens with one attached hydrogen (secondary N) is 1. The summed E-state index contributed by atoms with van der Waals surface area (Å²) >= 11 is 2.37. The van der Waals surface area contributed by atoms with E-state index in [0.717, 1.165) is 10.1 Å². The Kier molecular flexibility index (Phi) is 0.835. The summed E-state index contributed by atoms with van der Waals surface area (Å²) in [5, 5.41) is 3.18. The minimum Gasteiger partial charge on any atom is -0.299 e. The van der Waals surface area contributed by atoms with Crippen molar-refractivity contribution in [1.29, 1.82) is 0 Å². The molecule has 0 radical (unpaired) electrons. The van der Waals surface area contributed by atoms with Gasteiger partial charge in [-0.15, -0.1) is 0 Å². The summed E-state index contributed by atoms with van der Waals surface area (Å²) in [5.74, 6) is 0. The number of hydrogen-bond acceptors (Lipinski definition) is 1. The maximum absolute atomic E-state index is 3.18. The van der Waals surface area contributed by atoms with E-state index in [-0.39, 0.29) is 0 Å². The molecule has 1 heterocycles. The van der Waals surface area contributed by atoms with Crippen molar-refractivity contribution in [2.75, 3.05) is 0 Å². The van der Waals surface area contributed by atoms with Crippen LogP contribution in [0.2, 0.25) is 0 Å². The molecule has 0 unspecified atom stereocenters. The fourth-order valence-electron chi connectivity index (χ4n) is 0.196. The van der Waals surface area contributed by atoms with E-state index in [1.807, 2.05) is 0 Å². The quantitative estimate of drug-likeness (QED) is 0.254. The number of hydrogen-bond donors (Lipinski definition) is 1. The lowest BCUT2D eigenvalue weighted by Gasteiger charge is -1.60. The first-order chi connectivity index (χ1) is 2.30. The first-order valence-corrected chi connectivity index (χ1v) is 2.95. The minimum absolute atomic E-state index is 0.771. The molecule has 0 aromatic heterocycles. The molecule has 0 spiro atoms. The van der Waals surface area contributed by atoms with Crippen LogP contribution in [-0.4, -0.2) is 10.1 Å². The predicted octanol–water partition coefficient (Wildman–Crippen LogP) is 0.739. The third kappa shape index (κ3) is 0.758. The van der Waals surface area contributed by atoms with Crippen molar-refractivity contribution in [3.05, 3.63) is 0 Å². The third-order valence-electron chi connectivity index (χ3n) is 0.752. The zero-order chi connectivity index (χ0) is 3.86. The average molecular weight is 183 g/mol. The zero-order valence-corrected chi connectivity index (χ0v) is 5.19. The Morgan fingerprint density at radius 1 is 1.80 bits per heavy atom. The SMILES string of the molecule is C[C@H]1N[C@@H]1I. The lowest BCUT2D eigenvalue weighted by molar-refractivity contribution is 1.09. The van der Waals surface area contributed by atoms with E-state index in [2.05, 4.69) is 34.8 Å². The standard InChI is InChI=1S/C3H6IN/c1-2-3(4)5-2/h2-3,5H,1H3/t2-,3+/m1/s1. The van der Waals surface area contributed by atoms with Gasteiger partial charge in [0.15, 0.2) is 0 Å². The molecule has 2 atom stereocenters. The van der Waals surface area contributed by atoms with Gasteiger partial charge in [-0.1, -0.05) is 22.6 Å². The van der Waals surface area contributed by atoms with E-state index in [1.54, 1.807) is 0 Å². The first-order valence-electron chi connectivity index (χ1n) is 1.71. The Labute approximate surface area is 45.3 Å². The Bertz CT molecular complexity index is 40.2. The fourth-order valence-corrected chi connectivity index (χ4v) is 0.763. The second kappa shape index (κ2) is 1.08. The van der Waals surface area contributed by atoms with Gasteiger partial charge in [-0.3, -0.25) is 5.32 Å². The van der Waals surface area contributed by atoms with Crippen molar-refractivity contribution in [1.82, 2.24) is 5.32 Å². The normalized spacial score (nSPS) is 49.2. The molecule has 0 saturated carbocycles. The Balaban J connectivity index is 2.20. The van der Waals surface area contributed by atoms with Crippen molar-refractivity contribution < 1.29 is 0 Å². The average Bonchev–Trinajstić information content (AvgIpc) is 1.79. The van der Waals surface area contributed by atoms with Gasteiger partial charge in [0.05, 0.1) is 4.05 Å². The van der Waals surface area contributed by atoms with Gasteiger partial charge in [-0.25, -0.2) is 0 Å². The van der Waals surface area contributed by atoms with Gasteiger partial charge < -0.3 is 0 Å². The van der Waals surface area contributed by atoms with Gasteiger partial charge in [-0.2, -0.15) is 0 Å². The van der Waals surface area contributed by atoms with E-state index in [0.29, 0.717) is 0 Å². The van der Waals surface area contributed by atoms with Crippen LogP contribution in [0.25, 0.3) is 0 Å². The van der Waals surface area contributed by atoms with E-state index in [9.17, 15) is 0 Å². The fraction of sp³-hybridized carbons (Fsp3) is 1.00. The zero-order valence-electron chi connectivity index (χ0n) is 3.03. The molecule has 0 bridgehead atoms. The highest BCUT2D eigenvalue weighted by atomic mass is 127. The number of rotatable bonds is 0. The maximum Gasteiger partial charge on any atom is 0.0749 e. The second-order valence-corrected chi connectivity index (χ2v) is 2.70. The van der Waals surface area contributed by atoms with Crippen LogP contribution in [0.3, 0.4) is 0 Å². The molecule has 1 fully saturated rings. The second-order valence-electron chi connectivity index (χ2n) is 1.36. The summed E-state index contributed by atoms with van der Waals surface area (Å²) < 4.78 is 0.771. The maximum atomic E-state index is 3.18. The highest BCUT2D eigenvalue weighted by Crippen LogP contribution is 2.15. The summed E-state index contributed by atoms with van der Waals surface area (Å²) in [5.41, 5.74) is 0. The largest absolute Gasteiger partial charge is 0.299 e. The molecule has 1 nitrogen and oxygen atoms in total. The number of halogens is 1. The smallest absolute Gasteiger partial charge is 0.0749 e. The number of alkyl halides is 1. The minimum atomic E-state index is 0.771. The van der Waals surface area contributed by atoms with Crippen molar-refractivity contribution in [2.24, 2.45) is 0 Å². The van der Waals surface area contributed by atoms with E-state index in [4.69, 9.17) is 0 Å². The van der Waals surface area contributed by atoms with Crippen LogP contribution in [0.5, 0.6) is 0 Å². The lowest BCUT2D eigenvalue weighted by atomic mass is 10.6. The van der Waals surface area contributed by atoms with E-state index < -0.39 is 0 Å². The van der Waals surface area contributed by atoms with Crippen molar-refractivity contribution in [3.8, 4) is 0 Å².